The van der Waals surface area contributed by atoms with Crippen LogP contribution in [-0.4, -0.2) is 17.3 Å². The molecule has 2 unspecified atom stereocenters. The van der Waals surface area contributed by atoms with Crippen molar-refractivity contribution in [3.8, 4) is 0 Å². The Morgan fingerprint density at radius 2 is 2.86 bits per heavy atom. The van der Waals surface area contributed by atoms with Crippen molar-refractivity contribution >= 4 is 11.8 Å². The maximum atomic E-state index is 5.20. The number of hydrogen-bond donors (Lipinski definition) is 0. The number of hydrogen-bond acceptors (Lipinski definition) is 2. The Balaban J connectivity index is 2.14. The summed E-state index contributed by atoms with van der Waals surface area (Å²) in [5.41, 5.74) is 0.477. The fraction of sp³-hybridized carbons (Fsp3) is 0.600. The molecule has 1 nitrogen and oxygen atoms in total. The predicted octanol–water partition coefficient (Wildman–Crippen LogP) is 0.817. The summed E-state index contributed by atoms with van der Waals surface area (Å²) in [5, 5.41) is 0.591. The number of ether oxygens (including phenoxy) is 1. The highest BCUT2D eigenvalue weighted by Gasteiger charge is 2.39. The molecule has 0 aliphatic carbocycles. The van der Waals surface area contributed by atoms with Crippen molar-refractivity contribution in [1.82, 2.24) is 0 Å². The Morgan fingerprint density at radius 3 is 3.43 bits per heavy atom. The largest absolute Gasteiger partial charge is 0.362 e. The van der Waals surface area contributed by atoms with E-state index in [9.17, 15) is 0 Å². The van der Waals surface area contributed by atoms with E-state index in [0.29, 0.717) is 10.7 Å². The van der Waals surface area contributed by atoms with Crippen LogP contribution in [-0.2, 0) is 4.74 Å². The van der Waals surface area contributed by atoms with Gasteiger partial charge >= 0.3 is 0 Å². The van der Waals surface area contributed by atoms with Gasteiger partial charge in [-0.05, 0) is 6.08 Å². The van der Waals surface area contributed by atoms with Gasteiger partial charge in [0.1, 0.15) is 5.44 Å². The van der Waals surface area contributed by atoms with E-state index in [-0.39, 0.29) is 0 Å². The van der Waals surface area contributed by atoms with E-state index in [1.807, 2.05) is 17.8 Å². The fourth-order valence-corrected chi connectivity index (χ4v) is 1.34. The van der Waals surface area contributed by atoms with E-state index in [0.717, 1.165) is 6.61 Å². The maximum absolute atomic E-state index is 5.20. The third-order valence-electron chi connectivity index (χ3n) is 1.08. The summed E-state index contributed by atoms with van der Waals surface area (Å²) in [6.07, 6.45) is 5.13. The average molecular weight is 113 g/mol. The smallest absolute Gasteiger partial charge is 0.120 e. The van der Waals surface area contributed by atoms with Gasteiger partial charge in [0.2, 0.25) is 0 Å². The van der Waals surface area contributed by atoms with E-state index in [1.165, 1.54) is 0 Å². The van der Waals surface area contributed by atoms with Crippen LogP contribution in [0.15, 0.2) is 6.08 Å². The van der Waals surface area contributed by atoms with Gasteiger partial charge in [0.05, 0.1) is 11.9 Å². The van der Waals surface area contributed by atoms with Gasteiger partial charge in [-0.1, -0.05) is 6.08 Å². The zero-order chi connectivity index (χ0) is 4.69. The summed E-state index contributed by atoms with van der Waals surface area (Å²) < 4.78 is 5.20. The van der Waals surface area contributed by atoms with E-state index in [2.05, 4.69) is 6.08 Å². The summed E-state index contributed by atoms with van der Waals surface area (Å²) in [6.45, 7) is 0.772. The van der Waals surface area contributed by atoms with Gasteiger partial charge in [0.15, 0.2) is 0 Å². The van der Waals surface area contributed by atoms with Gasteiger partial charge in [0.25, 0.3) is 0 Å². The molecule has 0 aromatic rings. The normalized spacial score (nSPS) is 45.7. The van der Waals surface area contributed by atoms with Crippen molar-refractivity contribution in [1.29, 1.82) is 0 Å². The Kier molecular flexibility index (Phi) is 0.719. The molecule has 0 aromatic heterocycles. The molecule has 1 saturated heterocycles. The first-order valence-corrected chi connectivity index (χ1v) is 3.26. The Labute approximate surface area is 46.7 Å². The molecule has 7 heavy (non-hydrogen) atoms. The van der Waals surface area contributed by atoms with E-state index in [1.54, 1.807) is 0 Å². The molecular weight excluding hydrogens is 108 g/mol. The van der Waals surface area contributed by atoms with Crippen LogP contribution in [0, 0.1) is 6.08 Å². The lowest BCUT2D eigenvalue weighted by Gasteiger charge is -1.97. The standard InChI is InChI=1S/C5H5OS/c1-2-4-5(7-4)6-3-1/h1,4-5H,3H2. The van der Waals surface area contributed by atoms with Crippen LogP contribution >= 0.6 is 11.8 Å². The molecule has 0 bridgehead atoms. The van der Waals surface area contributed by atoms with E-state index < -0.39 is 0 Å². The van der Waals surface area contributed by atoms with Crippen LogP contribution in [0.1, 0.15) is 0 Å². The summed E-state index contributed by atoms with van der Waals surface area (Å²) >= 11 is 1.83. The second-order valence-corrected chi connectivity index (χ2v) is 2.87. The molecule has 37 valence electrons. The van der Waals surface area contributed by atoms with Crippen molar-refractivity contribution in [2.75, 3.05) is 6.61 Å². The zero-order valence-corrected chi connectivity index (χ0v) is 4.57. The molecule has 1 radical (unpaired) electrons. The molecule has 0 spiro atoms. The first kappa shape index (κ1) is 3.98. The summed E-state index contributed by atoms with van der Waals surface area (Å²) in [4.78, 5) is 0. The van der Waals surface area contributed by atoms with E-state index >= 15 is 0 Å². The molecule has 2 atom stereocenters. The first-order valence-electron chi connectivity index (χ1n) is 2.31. The van der Waals surface area contributed by atoms with E-state index in [4.69, 9.17) is 4.74 Å². The molecule has 0 amide bonds. The van der Waals surface area contributed by atoms with Crippen molar-refractivity contribution in [3.05, 3.63) is 12.2 Å². The quantitative estimate of drug-likeness (QED) is 0.430. The maximum Gasteiger partial charge on any atom is 0.120 e. The van der Waals surface area contributed by atoms with Crippen LogP contribution in [0.5, 0.6) is 0 Å². The Morgan fingerprint density at radius 1 is 1.86 bits per heavy atom. The highest BCUT2D eigenvalue weighted by atomic mass is 32.2. The number of rotatable bonds is 0. The first-order chi connectivity index (χ1) is 3.47. The SMILES string of the molecule is [C]1=CCOC2SC12. The third-order valence-corrected chi connectivity index (χ3v) is 2.12. The monoisotopic (exact) mass is 113 g/mol. The second-order valence-electron chi connectivity index (χ2n) is 1.63. The van der Waals surface area contributed by atoms with Crippen molar-refractivity contribution in [2.24, 2.45) is 0 Å². The molecule has 1 fully saturated rings. The minimum atomic E-state index is 0.477. The van der Waals surface area contributed by atoms with Crippen molar-refractivity contribution in [3.63, 3.8) is 0 Å². The molecule has 0 saturated carbocycles. The molecule has 0 N–H and O–H groups in total. The molecule has 2 heterocycles. The minimum Gasteiger partial charge on any atom is -0.362 e. The predicted molar refractivity (Wildman–Crippen MR) is 28.9 cm³/mol. The Bertz CT molecular complexity index is 111. The van der Waals surface area contributed by atoms with Gasteiger partial charge in [-0.3, -0.25) is 0 Å². The van der Waals surface area contributed by atoms with Gasteiger partial charge < -0.3 is 4.74 Å². The Hall–Kier alpha value is 0.0500. The highest BCUT2D eigenvalue weighted by molar-refractivity contribution is 8.07. The molecule has 0 aromatic carbocycles. The summed E-state index contributed by atoms with van der Waals surface area (Å²) in [6, 6.07) is 0. The molecule has 2 aliphatic heterocycles. The summed E-state index contributed by atoms with van der Waals surface area (Å²) in [7, 11) is 0. The fourth-order valence-electron chi connectivity index (χ4n) is 0.651. The van der Waals surface area contributed by atoms with Gasteiger partial charge in [-0.25, -0.2) is 0 Å². The number of fused-ring (bicyclic) bond motifs is 1. The summed E-state index contributed by atoms with van der Waals surface area (Å²) in [5.74, 6) is 0. The molecule has 2 rings (SSSR count). The van der Waals surface area contributed by atoms with Crippen molar-refractivity contribution < 1.29 is 4.74 Å². The molecule has 2 heteroatoms. The molecular formula is C5H5OS. The van der Waals surface area contributed by atoms with Crippen molar-refractivity contribution in [2.45, 2.75) is 10.7 Å². The van der Waals surface area contributed by atoms with Crippen LogP contribution < -0.4 is 0 Å². The van der Waals surface area contributed by atoms with Crippen LogP contribution in [0.25, 0.3) is 0 Å². The van der Waals surface area contributed by atoms with Gasteiger partial charge in [0, 0.05) is 0 Å². The minimum absolute atomic E-state index is 0.477. The van der Waals surface area contributed by atoms with Gasteiger partial charge in [-0.2, -0.15) is 0 Å². The van der Waals surface area contributed by atoms with Crippen LogP contribution in [0.2, 0.25) is 0 Å². The number of thioether (sulfide) groups is 1. The lowest BCUT2D eigenvalue weighted by Crippen LogP contribution is -2.03. The highest BCUT2D eigenvalue weighted by Crippen LogP contribution is 2.44. The van der Waals surface area contributed by atoms with Gasteiger partial charge in [-0.15, -0.1) is 11.8 Å². The lowest BCUT2D eigenvalue weighted by molar-refractivity contribution is 0.155. The zero-order valence-electron chi connectivity index (χ0n) is 3.76. The topological polar surface area (TPSA) is 9.23 Å². The third kappa shape index (κ3) is 0.583. The molecule has 2 aliphatic rings. The average Bonchev–Trinajstić information content (AvgIpc) is 2.41. The lowest BCUT2D eigenvalue weighted by atomic mass is 10.3. The second kappa shape index (κ2) is 1.26. The van der Waals surface area contributed by atoms with Crippen LogP contribution in [0.4, 0.5) is 0 Å². The van der Waals surface area contributed by atoms with Crippen LogP contribution in [0.3, 0.4) is 0 Å².